The van der Waals surface area contributed by atoms with E-state index in [9.17, 15) is 5.11 Å². The SMILES string of the molecule is C=CC[C@H](CO)CC/C=C(\C)CC/C=C(\C)CCC=C(C)C. The molecule has 0 bridgehead atoms. The first kappa shape index (κ1) is 20.9. The summed E-state index contributed by atoms with van der Waals surface area (Å²) in [6.45, 7) is 12.8. The quantitative estimate of drug-likeness (QED) is 0.415. The molecule has 0 aliphatic heterocycles. The minimum absolute atomic E-state index is 0.270. The molecule has 0 saturated heterocycles. The van der Waals surface area contributed by atoms with Crippen LogP contribution in [0.5, 0.6) is 0 Å². The van der Waals surface area contributed by atoms with E-state index in [1.54, 1.807) is 0 Å². The molecule has 0 aromatic rings. The average Bonchev–Trinajstić information content (AvgIpc) is 2.46. The Bertz CT molecular complexity index is 381. The summed E-state index contributed by atoms with van der Waals surface area (Å²) in [4.78, 5) is 0. The lowest BCUT2D eigenvalue weighted by molar-refractivity contribution is 0.220. The van der Waals surface area contributed by atoms with Gasteiger partial charge in [0.1, 0.15) is 0 Å². The second-order valence-electron chi connectivity index (χ2n) is 6.61. The van der Waals surface area contributed by atoms with E-state index in [1.165, 1.54) is 23.1 Å². The standard InChI is InChI=1S/C21H36O/c1-6-10-21(17-22)16-9-15-20(5)14-8-13-19(4)12-7-11-18(2)3/h6,11,13,15,21-22H,1,7-10,12,14,16-17H2,2-5H3/b19-13+,20-15+/t21-/m0/s1. The maximum Gasteiger partial charge on any atom is 0.0462 e. The van der Waals surface area contributed by atoms with Crippen molar-refractivity contribution in [3.63, 3.8) is 0 Å². The van der Waals surface area contributed by atoms with Crippen LogP contribution in [-0.4, -0.2) is 11.7 Å². The van der Waals surface area contributed by atoms with Gasteiger partial charge in [0.25, 0.3) is 0 Å². The van der Waals surface area contributed by atoms with Crippen LogP contribution in [0.15, 0.2) is 47.6 Å². The lowest BCUT2D eigenvalue weighted by Gasteiger charge is -2.09. The van der Waals surface area contributed by atoms with E-state index in [2.05, 4.69) is 52.5 Å². The molecule has 0 unspecified atom stereocenters. The van der Waals surface area contributed by atoms with E-state index >= 15 is 0 Å². The molecule has 1 nitrogen and oxygen atoms in total. The van der Waals surface area contributed by atoms with Crippen LogP contribution in [0, 0.1) is 5.92 Å². The van der Waals surface area contributed by atoms with E-state index in [4.69, 9.17) is 0 Å². The molecular weight excluding hydrogens is 268 g/mol. The predicted molar refractivity (Wildman–Crippen MR) is 100 cm³/mol. The molecule has 0 aromatic heterocycles. The van der Waals surface area contributed by atoms with Gasteiger partial charge in [-0.05, 0) is 78.6 Å². The summed E-state index contributed by atoms with van der Waals surface area (Å²) in [7, 11) is 0. The molecule has 126 valence electrons. The van der Waals surface area contributed by atoms with Crippen molar-refractivity contribution in [1.29, 1.82) is 0 Å². The second kappa shape index (κ2) is 13.6. The van der Waals surface area contributed by atoms with Crippen molar-refractivity contribution < 1.29 is 5.11 Å². The number of hydrogen-bond acceptors (Lipinski definition) is 1. The van der Waals surface area contributed by atoms with Gasteiger partial charge in [-0.3, -0.25) is 0 Å². The second-order valence-corrected chi connectivity index (χ2v) is 6.61. The molecule has 0 heterocycles. The van der Waals surface area contributed by atoms with Gasteiger partial charge in [-0.1, -0.05) is 41.0 Å². The van der Waals surface area contributed by atoms with E-state index in [0.29, 0.717) is 5.92 Å². The molecule has 1 N–H and O–H groups in total. The highest BCUT2D eigenvalue weighted by Gasteiger charge is 2.03. The smallest absolute Gasteiger partial charge is 0.0462 e. The molecule has 0 fully saturated rings. The molecule has 0 aliphatic rings. The lowest BCUT2D eigenvalue weighted by atomic mass is 9.99. The molecule has 0 saturated carbocycles. The highest BCUT2D eigenvalue weighted by atomic mass is 16.3. The zero-order valence-electron chi connectivity index (χ0n) is 15.2. The van der Waals surface area contributed by atoms with Crippen LogP contribution in [0.4, 0.5) is 0 Å². The van der Waals surface area contributed by atoms with Gasteiger partial charge in [-0.15, -0.1) is 6.58 Å². The summed E-state index contributed by atoms with van der Waals surface area (Å²) in [5, 5.41) is 9.25. The lowest BCUT2D eigenvalue weighted by Crippen LogP contribution is -2.03. The highest BCUT2D eigenvalue weighted by molar-refractivity contribution is 5.05. The molecule has 0 aliphatic carbocycles. The van der Waals surface area contributed by atoms with Gasteiger partial charge >= 0.3 is 0 Å². The Morgan fingerprint density at radius 2 is 1.45 bits per heavy atom. The Balaban J connectivity index is 3.95. The Hall–Kier alpha value is -1.08. The fourth-order valence-corrected chi connectivity index (χ4v) is 2.42. The fraction of sp³-hybridized carbons (Fsp3) is 0.619. The van der Waals surface area contributed by atoms with Gasteiger partial charge in [0.15, 0.2) is 0 Å². The molecule has 0 amide bonds. The first-order valence-electron chi connectivity index (χ1n) is 8.66. The van der Waals surface area contributed by atoms with E-state index < -0.39 is 0 Å². The molecule has 1 atom stereocenters. The van der Waals surface area contributed by atoms with E-state index in [-0.39, 0.29) is 6.61 Å². The normalized spacial score (nSPS) is 13.9. The van der Waals surface area contributed by atoms with Crippen molar-refractivity contribution in [2.45, 2.75) is 72.6 Å². The number of hydrogen-bond donors (Lipinski definition) is 1. The number of aliphatic hydroxyl groups is 1. The third-order valence-corrected chi connectivity index (χ3v) is 3.95. The van der Waals surface area contributed by atoms with Crippen molar-refractivity contribution in [1.82, 2.24) is 0 Å². The van der Waals surface area contributed by atoms with Crippen molar-refractivity contribution in [3.8, 4) is 0 Å². The van der Waals surface area contributed by atoms with E-state index in [0.717, 1.165) is 38.5 Å². The van der Waals surface area contributed by atoms with E-state index in [1.807, 2.05) is 6.08 Å². The summed E-state index contributed by atoms with van der Waals surface area (Å²) in [5.41, 5.74) is 4.37. The monoisotopic (exact) mass is 304 g/mol. The summed E-state index contributed by atoms with van der Waals surface area (Å²) in [6.07, 6.45) is 16.6. The van der Waals surface area contributed by atoms with Crippen LogP contribution in [0.3, 0.4) is 0 Å². The van der Waals surface area contributed by atoms with Crippen LogP contribution in [0.25, 0.3) is 0 Å². The van der Waals surface area contributed by atoms with Gasteiger partial charge in [0, 0.05) is 6.61 Å². The Morgan fingerprint density at radius 1 is 0.909 bits per heavy atom. The van der Waals surface area contributed by atoms with Crippen LogP contribution >= 0.6 is 0 Å². The molecule has 0 radical (unpaired) electrons. The van der Waals surface area contributed by atoms with Crippen LogP contribution in [0.2, 0.25) is 0 Å². The van der Waals surface area contributed by atoms with Gasteiger partial charge in [0.2, 0.25) is 0 Å². The van der Waals surface area contributed by atoms with Crippen LogP contribution in [0.1, 0.15) is 72.6 Å². The highest BCUT2D eigenvalue weighted by Crippen LogP contribution is 2.15. The maximum absolute atomic E-state index is 9.25. The summed E-state index contributed by atoms with van der Waals surface area (Å²) < 4.78 is 0. The summed E-state index contributed by atoms with van der Waals surface area (Å²) in [6, 6.07) is 0. The molecule has 22 heavy (non-hydrogen) atoms. The molecule has 1 heteroatoms. The first-order valence-corrected chi connectivity index (χ1v) is 8.66. The zero-order valence-corrected chi connectivity index (χ0v) is 15.2. The summed E-state index contributed by atoms with van der Waals surface area (Å²) >= 11 is 0. The largest absolute Gasteiger partial charge is 0.396 e. The van der Waals surface area contributed by atoms with Gasteiger partial charge in [-0.2, -0.15) is 0 Å². The number of rotatable bonds is 12. The van der Waals surface area contributed by atoms with Gasteiger partial charge in [0.05, 0.1) is 0 Å². The third kappa shape index (κ3) is 12.6. The molecule has 0 rings (SSSR count). The maximum atomic E-state index is 9.25. The van der Waals surface area contributed by atoms with Crippen LogP contribution < -0.4 is 0 Å². The minimum atomic E-state index is 0.270. The fourth-order valence-electron chi connectivity index (χ4n) is 2.42. The Morgan fingerprint density at radius 3 is 1.95 bits per heavy atom. The predicted octanol–water partition coefficient (Wildman–Crippen LogP) is 6.37. The summed E-state index contributed by atoms with van der Waals surface area (Å²) in [5.74, 6) is 0.374. The number of aliphatic hydroxyl groups excluding tert-OH is 1. The Labute approximate surface area is 138 Å². The zero-order chi connectivity index (χ0) is 16.8. The molecular formula is C21H36O. The van der Waals surface area contributed by atoms with Crippen molar-refractivity contribution >= 4 is 0 Å². The van der Waals surface area contributed by atoms with Crippen molar-refractivity contribution in [2.24, 2.45) is 5.92 Å². The third-order valence-electron chi connectivity index (χ3n) is 3.95. The molecule has 0 aromatic carbocycles. The minimum Gasteiger partial charge on any atom is -0.396 e. The number of allylic oxidation sites excluding steroid dienone is 7. The first-order chi connectivity index (χ1) is 10.5. The van der Waals surface area contributed by atoms with Crippen molar-refractivity contribution in [3.05, 3.63) is 47.6 Å². The van der Waals surface area contributed by atoms with Gasteiger partial charge in [-0.25, -0.2) is 0 Å². The van der Waals surface area contributed by atoms with Crippen molar-refractivity contribution in [2.75, 3.05) is 6.61 Å². The Kier molecular flexibility index (Phi) is 12.9. The van der Waals surface area contributed by atoms with Crippen LogP contribution in [-0.2, 0) is 0 Å². The molecule has 0 spiro atoms. The average molecular weight is 305 g/mol. The van der Waals surface area contributed by atoms with Gasteiger partial charge < -0.3 is 5.11 Å². The topological polar surface area (TPSA) is 20.2 Å².